The maximum Gasteiger partial charge on any atom is 0.187 e. The highest BCUT2D eigenvalue weighted by molar-refractivity contribution is 5.71. The van der Waals surface area contributed by atoms with Gasteiger partial charge in [0, 0.05) is 53.8 Å². The smallest absolute Gasteiger partial charge is 0.187 e. The van der Waals surface area contributed by atoms with Gasteiger partial charge in [-0.05, 0) is 87.4 Å². The highest BCUT2D eigenvalue weighted by atomic mass is 16.8. The summed E-state index contributed by atoms with van der Waals surface area (Å²) in [6.45, 7) is 34.0. The molecule has 11 saturated heterocycles. The lowest BCUT2D eigenvalue weighted by Gasteiger charge is -2.52. The summed E-state index contributed by atoms with van der Waals surface area (Å²) >= 11 is 0. The zero-order chi connectivity index (χ0) is 100. The Morgan fingerprint density at radius 3 is 0.904 bits per heavy atom. The predicted molar refractivity (Wildman–Crippen MR) is 459 cm³/mol. The minimum absolute atomic E-state index is 0.121. The number of hydrogen-bond donors (Lipinski definition) is 17. The molecule has 43 heteroatoms. The van der Waals surface area contributed by atoms with Crippen LogP contribution in [0.2, 0.25) is 0 Å². The summed E-state index contributed by atoms with van der Waals surface area (Å²) in [5, 5.41) is 212. The van der Waals surface area contributed by atoms with Gasteiger partial charge in [-0.2, -0.15) is 0 Å². The Balaban J connectivity index is 0.609. The zero-order valence-corrected chi connectivity index (χ0v) is 81.6. The summed E-state index contributed by atoms with van der Waals surface area (Å²) in [5.41, 5.74) is -1.57. The minimum Gasteiger partial charge on any atom is -0.550 e. The number of hydrogen-bond acceptors (Lipinski definition) is 43. The van der Waals surface area contributed by atoms with E-state index >= 15 is 0 Å². The molecule has 0 aromatic rings. The van der Waals surface area contributed by atoms with Gasteiger partial charge in [0.05, 0.1) is 130 Å². The number of ether oxygens (including phenoxy) is 22. The van der Waals surface area contributed by atoms with E-state index in [0.717, 1.165) is 0 Å². The van der Waals surface area contributed by atoms with Crippen molar-refractivity contribution in [2.75, 3.05) is 33.0 Å². The van der Waals surface area contributed by atoms with Gasteiger partial charge in [0.2, 0.25) is 0 Å². The van der Waals surface area contributed by atoms with Crippen molar-refractivity contribution < 1.29 is 211 Å². The molecular weight excluding hydrogens is 1800 g/mol. The number of carbonyl (C=O) groups excluding carboxylic acids is 2. The van der Waals surface area contributed by atoms with Crippen LogP contribution in [0.5, 0.6) is 0 Å². The molecule has 12 rings (SSSR count). The lowest BCUT2D eigenvalue weighted by Crippen LogP contribution is -2.67. The second-order valence-corrected chi connectivity index (χ2v) is 41.0. The van der Waals surface area contributed by atoms with Crippen molar-refractivity contribution in [1.29, 1.82) is 0 Å². The third kappa shape index (κ3) is 23.0. The minimum atomic E-state index is -2.04. The largest absolute Gasteiger partial charge is 0.550 e. The van der Waals surface area contributed by atoms with Crippen LogP contribution in [0.3, 0.4) is 0 Å². The van der Waals surface area contributed by atoms with E-state index in [1.54, 1.807) is 34.6 Å². The third-order valence-electron chi connectivity index (χ3n) is 32.5. The van der Waals surface area contributed by atoms with Gasteiger partial charge in [-0.3, -0.25) is 0 Å². The van der Waals surface area contributed by atoms with Crippen molar-refractivity contribution >= 4 is 11.9 Å². The van der Waals surface area contributed by atoms with Gasteiger partial charge in [-0.25, -0.2) is 0 Å². The number of aliphatic hydroxyl groups excluding tert-OH is 16. The summed E-state index contributed by atoms with van der Waals surface area (Å²) in [6.07, 6.45) is -55.4. The number of aliphatic carboxylic acids is 2. The zero-order valence-electron chi connectivity index (χ0n) is 81.6. The van der Waals surface area contributed by atoms with Crippen LogP contribution >= 0.6 is 0 Å². The average molecular weight is 1960 g/mol. The second kappa shape index (κ2) is 47.5. The molecule has 136 heavy (non-hydrogen) atoms. The fourth-order valence-electron chi connectivity index (χ4n) is 22.1. The lowest BCUT2D eigenvalue weighted by atomic mass is 9.80. The van der Waals surface area contributed by atoms with Crippen LogP contribution in [-0.2, 0) is 114 Å². The van der Waals surface area contributed by atoms with Crippen molar-refractivity contribution in [2.24, 2.45) is 82.9 Å². The van der Waals surface area contributed by atoms with Crippen molar-refractivity contribution in [1.82, 2.24) is 0 Å². The molecule has 60 atom stereocenters. The SMILES string of the molecule is CCC1O[C@@H](O[C@@H]2C(CC)O[C@@H](O[C@H]3C(C)C(C)[C@@H](O[C@H]4C(C)C(C)[C@H](O[C@@H]5C(CC)O[C@@H](O[C@H](CC(=O)[O-])[C@H](C)C6[C@@H](O[C@H]7C(O)C(O)[C@@H](C)O[C@H]7CC)C6(C)O)C(O)[C@H]5O)O[C@H]4C(=O)[O-])O[C@H]3CO)C(C)[C@H]2C)C(C)[C@@H](C)[C@@H]1O[C@@H]1O[C@@H](CC)[C@@H](O[C@H]2O[C@@H](CO)[C@@H](O[C@@H]3OC(CO)[C@@H](O[C@@H]4OC(CO)[C@@H](O[C@@H]5OC(CO)[C@@H](O)[C@H](O)C5O)[C@H](O)C4O)[C@H](O)C3O)C(C)C2C)C(C)C1C. The fourth-order valence-corrected chi connectivity index (χ4v) is 22.1. The Bertz CT molecular complexity index is 3660. The maximum absolute atomic E-state index is 13.3. The van der Waals surface area contributed by atoms with Gasteiger partial charge in [0.15, 0.2) is 62.9 Å². The van der Waals surface area contributed by atoms with Crippen molar-refractivity contribution in [3.63, 3.8) is 0 Å². The molecule has 1 saturated carbocycles. The van der Waals surface area contributed by atoms with Crippen molar-refractivity contribution in [3.05, 3.63) is 0 Å². The molecule has 0 radical (unpaired) electrons. The maximum atomic E-state index is 13.3. The molecule has 12 fully saturated rings. The van der Waals surface area contributed by atoms with Crippen LogP contribution < -0.4 is 10.2 Å². The second-order valence-electron chi connectivity index (χ2n) is 41.0. The van der Waals surface area contributed by atoms with Crippen LogP contribution in [0.1, 0.15) is 177 Å². The Morgan fingerprint density at radius 2 is 0.544 bits per heavy atom. The standard InChI is InChI=1S/C93H160O43/c1-21-46-70(127-84-39(13)33(7)72(48(23-3)117-84)129-86-41(15)36(10)74(54(29-96)122-86)131-91-68(110)64(106)79(55(30-97)124-91)135-92-69(111)65(107)78(56(31-98)125-92)134-90-66(108)61(103)60(102)52(27-94)121-90)32(6)38(12)83(116-46)128-71-34(8)40(14)85(118-47(71)22-2)130-73-35(9)42(16)87(123-53(73)28-95)132-75-37(11)43(17)88(136-80(75)82(112)113)133-77-50(25-5)119-89(67(109)63(77)105)120-51(26-57(99)100)44(18)58-81(93(58,20)114)126-76-49(24-4)115-45(19)59(101)62(76)104/h32-56,58-81,83-92,94-98,101-111,114H,21-31H2,1-20H3,(H,99,100)(H,112,113)/p-2/t32-,33?,34-,35?,36?,37?,38?,39?,40?,41?,42?,43?,44+,45-,46?,47?,48+,49+,50?,51-,52?,53+,54+,55?,56?,58?,59?,60-,61+,62?,63-,64-,65-,66?,67?,68?,69?,70+,71+,72+,73+,74+,75+,76-,77-,78-,79-,80-,81-,83+,84+,85+,86-,87-,88-,89+,90+,91+,92+,93?/m1/s1. The van der Waals surface area contributed by atoms with E-state index in [4.69, 9.17) is 104 Å². The Morgan fingerprint density at radius 1 is 0.294 bits per heavy atom. The molecule has 0 bridgehead atoms. The van der Waals surface area contributed by atoms with E-state index in [0.29, 0.717) is 25.7 Å². The number of carbonyl (C=O) groups is 2. The lowest BCUT2D eigenvalue weighted by molar-refractivity contribution is -0.388. The first-order valence-electron chi connectivity index (χ1n) is 49.3. The first-order chi connectivity index (χ1) is 64.3. The van der Waals surface area contributed by atoms with Gasteiger partial charge in [-0.1, -0.05) is 125 Å². The van der Waals surface area contributed by atoms with Crippen molar-refractivity contribution in [2.45, 2.75) is 459 Å². The van der Waals surface area contributed by atoms with E-state index in [-0.39, 0.29) is 41.9 Å². The average Bonchev–Trinajstić information content (AvgIpc) is 1.55. The summed E-state index contributed by atoms with van der Waals surface area (Å²) in [6, 6.07) is 0. The van der Waals surface area contributed by atoms with Crippen LogP contribution in [-0.4, -0.2) is 414 Å². The highest BCUT2D eigenvalue weighted by Crippen LogP contribution is 2.55. The molecule has 11 aliphatic heterocycles. The normalized spacial score (nSPS) is 52.5. The third-order valence-corrected chi connectivity index (χ3v) is 32.5. The molecule has 0 aromatic heterocycles. The molecule has 17 N–H and O–H groups in total. The van der Waals surface area contributed by atoms with E-state index in [1.807, 2.05) is 69.2 Å². The Kier molecular flexibility index (Phi) is 39.1. The van der Waals surface area contributed by atoms with E-state index in [1.165, 1.54) is 6.92 Å². The fraction of sp³-hybridized carbons (Fsp3) is 0.978. The monoisotopic (exact) mass is 1960 g/mol. The van der Waals surface area contributed by atoms with E-state index in [2.05, 4.69) is 27.7 Å². The molecule has 0 spiro atoms. The quantitative estimate of drug-likeness (QED) is 0.0283. The number of aliphatic hydroxyl groups is 17. The topological polar surface area (TPSA) is 627 Å². The van der Waals surface area contributed by atoms with Crippen molar-refractivity contribution in [3.8, 4) is 0 Å². The van der Waals surface area contributed by atoms with Crippen LogP contribution in [0.15, 0.2) is 0 Å². The molecule has 24 unspecified atom stereocenters. The molecule has 1 aliphatic carbocycles. The highest BCUT2D eigenvalue weighted by Gasteiger charge is 2.68. The molecule has 790 valence electrons. The molecule has 43 nitrogen and oxygen atoms in total. The van der Waals surface area contributed by atoms with Crippen LogP contribution in [0, 0.1) is 82.9 Å². The van der Waals surface area contributed by atoms with Gasteiger partial charge < -0.3 is 211 Å². The predicted octanol–water partition coefficient (Wildman–Crippen LogP) is -3.85. The molecule has 11 heterocycles. The summed E-state index contributed by atoms with van der Waals surface area (Å²) in [7, 11) is 0. The Hall–Kier alpha value is -2.62. The number of carboxylic acid groups (broad SMARTS) is 2. The van der Waals surface area contributed by atoms with Gasteiger partial charge >= 0.3 is 0 Å². The molecule has 12 aliphatic rings. The molecule has 0 amide bonds. The van der Waals surface area contributed by atoms with Crippen LogP contribution in [0.25, 0.3) is 0 Å². The summed E-state index contributed by atoms with van der Waals surface area (Å²) in [5.74, 6) is -9.19. The first kappa shape index (κ1) is 112. The molecular formula is C93H158O43-2. The van der Waals surface area contributed by atoms with Gasteiger partial charge in [-0.15, -0.1) is 0 Å². The van der Waals surface area contributed by atoms with Gasteiger partial charge in [0.1, 0.15) is 128 Å². The first-order valence-corrected chi connectivity index (χ1v) is 49.3. The van der Waals surface area contributed by atoms with E-state index < -0.39 is 381 Å². The van der Waals surface area contributed by atoms with Gasteiger partial charge in [0.25, 0.3) is 0 Å². The Labute approximate surface area is 794 Å². The number of rotatable bonds is 37. The summed E-state index contributed by atoms with van der Waals surface area (Å²) < 4.78 is 141. The summed E-state index contributed by atoms with van der Waals surface area (Å²) in [4.78, 5) is 25.6. The number of carboxylic acids is 2. The molecule has 0 aromatic carbocycles. The van der Waals surface area contributed by atoms with E-state index in [9.17, 15) is 107 Å². The van der Waals surface area contributed by atoms with Crippen LogP contribution in [0.4, 0.5) is 0 Å².